The molecule has 2 fully saturated rings. The van der Waals surface area contributed by atoms with Crippen molar-refractivity contribution in [2.24, 2.45) is 5.73 Å². The van der Waals surface area contributed by atoms with Crippen LogP contribution in [0, 0.1) is 17.1 Å². The van der Waals surface area contributed by atoms with Crippen LogP contribution in [0.25, 0.3) is 0 Å². The Bertz CT molecular complexity index is 1220. The third kappa shape index (κ3) is 3.10. The van der Waals surface area contributed by atoms with Gasteiger partial charge in [-0.3, -0.25) is 14.5 Å². The summed E-state index contributed by atoms with van der Waals surface area (Å²) in [7, 11) is 0. The molecule has 0 radical (unpaired) electrons. The first kappa shape index (κ1) is 21.7. The van der Waals surface area contributed by atoms with E-state index in [4.69, 9.17) is 23.2 Å². The van der Waals surface area contributed by atoms with E-state index in [-0.39, 0.29) is 22.1 Å². The molecule has 1 saturated carbocycles. The zero-order valence-corrected chi connectivity index (χ0v) is 17.1. The molecule has 1 spiro atoms. The molecule has 1 heterocycles. The first-order valence-corrected chi connectivity index (χ1v) is 9.81. The molecule has 0 unspecified atom stereocenters. The Hall–Kier alpha value is -3.52. The number of benzene rings is 2. The summed E-state index contributed by atoms with van der Waals surface area (Å²) in [6.45, 7) is 0. The number of nitrogens with two attached hydrogens (primary N) is 1. The van der Waals surface area contributed by atoms with E-state index >= 15 is 0 Å². The SMILES string of the molecule is N#Cc1ccc(N2C(=O)C3(CCC3)N(c3ccc(C(N)=O)c(F)c3)C2=S)cc1C(F)(F)F. The lowest BCUT2D eigenvalue weighted by molar-refractivity contribution is -0.137. The van der Waals surface area contributed by atoms with Gasteiger partial charge in [0.15, 0.2) is 5.11 Å². The molecule has 0 aromatic heterocycles. The number of amides is 2. The number of primary amides is 1. The van der Waals surface area contributed by atoms with Crippen molar-refractivity contribution >= 4 is 40.5 Å². The van der Waals surface area contributed by atoms with E-state index < -0.39 is 40.5 Å². The normalized spacial score (nSPS) is 17.5. The van der Waals surface area contributed by atoms with Crippen LogP contribution in [0.3, 0.4) is 0 Å². The Kier molecular flexibility index (Phi) is 4.93. The average molecular weight is 462 g/mol. The van der Waals surface area contributed by atoms with Crippen molar-refractivity contribution in [3.63, 3.8) is 0 Å². The fourth-order valence-electron chi connectivity index (χ4n) is 4.05. The van der Waals surface area contributed by atoms with Gasteiger partial charge in [-0.05, 0) is 67.9 Å². The second-order valence-corrected chi connectivity index (χ2v) is 7.88. The summed E-state index contributed by atoms with van der Waals surface area (Å²) in [5.41, 5.74) is 1.89. The quantitative estimate of drug-likeness (QED) is 0.552. The molecule has 4 rings (SSSR count). The van der Waals surface area contributed by atoms with Crippen molar-refractivity contribution in [1.29, 1.82) is 5.26 Å². The van der Waals surface area contributed by atoms with E-state index in [1.54, 1.807) is 0 Å². The third-order valence-corrected chi connectivity index (χ3v) is 6.12. The van der Waals surface area contributed by atoms with Crippen LogP contribution in [0.2, 0.25) is 0 Å². The van der Waals surface area contributed by atoms with E-state index in [2.05, 4.69) is 0 Å². The van der Waals surface area contributed by atoms with Crippen molar-refractivity contribution < 1.29 is 27.2 Å². The van der Waals surface area contributed by atoms with Crippen molar-refractivity contribution in [1.82, 2.24) is 0 Å². The van der Waals surface area contributed by atoms with Crippen LogP contribution in [0.5, 0.6) is 0 Å². The predicted molar refractivity (Wildman–Crippen MR) is 110 cm³/mol. The molecule has 2 aliphatic rings. The zero-order chi connectivity index (χ0) is 23.4. The Morgan fingerprint density at radius 2 is 1.81 bits per heavy atom. The number of carbonyl (C=O) groups excluding carboxylic acids is 2. The molecule has 6 nitrogen and oxygen atoms in total. The van der Waals surface area contributed by atoms with Crippen LogP contribution < -0.4 is 15.5 Å². The fraction of sp³-hybridized carbons (Fsp3) is 0.238. The molecule has 2 amide bonds. The molecule has 2 N–H and O–H groups in total. The van der Waals surface area contributed by atoms with Crippen molar-refractivity contribution in [2.75, 3.05) is 9.80 Å². The van der Waals surface area contributed by atoms with E-state index in [1.807, 2.05) is 0 Å². The first-order chi connectivity index (χ1) is 15.0. The average Bonchev–Trinajstić information content (AvgIpc) is 2.93. The predicted octanol–water partition coefficient (Wildman–Crippen LogP) is 3.88. The summed E-state index contributed by atoms with van der Waals surface area (Å²) in [6.07, 6.45) is -3.41. The molecule has 2 aromatic carbocycles. The monoisotopic (exact) mass is 462 g/mol. The molecule has 32 heavy (non-hydrogen) atoms. The molecule has 0 atom stereocenters. The third-order valence-electron chi connectivity index (χ3n) is 5.76. The molecule has 1 aliphatic heterocycles. The summed E-state index contributed by atoms with van der Waals surface area (Å²) < 4.78 is 54.7. The maximum absolute atomic E-state index is 14.4. The molecular weight excluding hydrogens is 448 g/mol. The number of carbonyl (C=O) groups is 2. The number of hydrogen-bond donors (Lipinski definition) is 1. The number of hydrogen-bond acceptors (Lipinski definition) is 4. The van der Waals surface area contributed by atoms with Gasteiger partial charge < -0.3 is 10.6 Å². The fourth-order valence-corrected chi connectivity index (χ4v) is 4.52. The smallest absolute Gasteiger partial charge is 0.366 e. The maximum Gasteiger partial charge on any atom is 0.417 e. The first-order valence-electron chi connectivity index (χ1n) is 9.41. The highest BCUT2D eigenvalue weighted by atomic mass is 32.1. The van der Waals surface area contributed by atoms with Gasteiger partial charge in [-0.25, -0.2) is 4.39 Å². The van der Waals surface area contributed by atoms with Gasteiger partial charge in [-0.2, -0.15) is 18.4 Å². The topological polar surface area (TPSA) is 90.4 Å². The largest absolute Gasteiger partial charge is 0.417 e. The number of thiocarbonyl (C=S) groups is 1. The summed E-state index contributed by atoms with van der Waals surface area (Å²) >= 11 is 5.45. The number of halogens is 4. The Balaban J connectivity index is 1.82. The molecule has 2 aromatic rings. The van der Waals surface area contributed by atoms with Gasteiger partial charge in [0.1, 0.15) is 11.4 Å². The Morgan fingerprint density at radius 3 is 2.31 bits per heavy atom. The number of nitrogens with zero attached hydrogens (tertiary/aromatic N) is 3. The van der Waals surface area contributed by atoms with E-state index in [1.165, 1.54) is 29.2 Å². The number of alkyl halides is 3. The second-order valence-electron chi connectivity index (χ2n) is 7.51. The Morgan fingerprint density at radius 1 is 1.16 bits per heavy atom. The van der Waals surface area contributed by atoms with Gasteiger partial charge in [0, 0.05) is 5.69 Å². The number of anilines is 2. The van der Waals surface area contributed by atoms with Crippen LogP contribution in [0.1, 0.15) is 40.7 Å². The molecule has 1 saturated heterocycles. The van der Waals surface area contributed by atoms with Crippen LogP contribution in [0.4, 0.5) is 28.9 Å². The van der Waals surface area contributed by atoms with Crippen molar-refractivity contribution in [2.45, 2.75) is 31.0 Å². The minimum absolute atomic E-state index is 0.126. The second kappa shape index (κ2) is 7.27. The highest BCUT2D eigenvalue weighted by Gasteiger charge is 2.59. The van der Waals surface area contributed by atoms with Gasteiger partial charge in [0.2, 0.25) is 0 Å². The van der Waals surface area contributed by atoms with E-state index in [9.17, 15) is 27.2 Å². The lowest BCUT2D eigenvalue weighted by Crippen LogP contribution is -2.55. The molecule has 11 heteroatoms. The minimum Gasteiger partial charge on any atom is -0.366 e. The highest BCUT2D eigenvalue weighted by Crippen LogP contribution is 2.48. The van der Waals surface area contributed by atoms with Crippen LogP contribution in [-0.2, 0) is 11.0 Å². The zero-order valence-electron chi connectivity index (χ0n) is 16.2. The summed E-state index contributed by atoms with van der Waals surface area (Å²) in [4.78, 5) is 27.1. The highest BCUT2D eigenvalue weighted by molar-refractivity contribution is 7.81. The van der Waals surface area contributed by atoms with Gasteiger partial charge in [0.25, 0.3) is 11.8 Å². The molecule has 0 bridgehead atoms. The van der Waals surface area contributed by atoms with Crippen molar-refractivity contribution in [3.8, 4) is 6.07 Å². The summed E-state index contributed by atoms with van der Waals surface area (Å²) in [5, 5.41) is 8.89. The van der Waals surface area contributed by atoms with Gasteiger partial charge >= 0.3 is 6.18 Å². The Labute approximate surface area is 184 Å². The molecule has 1 aliphatic carbocycles. The number of nitriles is 1. The molecular formula is C21H14F4N4O2S. The van der Waals surface area contributed by atoms with Crippen LogP contribution in [-0.4, -0.2) is 22.5 Å². The molecule has 164 valence electrons. The summed E-state index contributed by atoms with van der Waals surface area (Å²) in [6, 6.07) is 7.95. The van der Waals surface area contributed by atoms with Crippen LogP contribution >= 0.6 is 12.2 Å². The minimum atomic E-state index is -4.81. The van der Waals surface area contributed by atoms with Crippen LogP contribution in [0.15, 0.2) is 36.4 Å². The van der Waals surface area contributed by atoms with Crippen molar-refractivity contribution in [3.05, 3.63) is 58.9 Å². The lowest BCUT2D eigenvalue weighted by Gasteiger charge is -2.43. The maximum atomic E-state index is 14.4. The van der Waals surface area contributed by atoms with Gasteiger partial charge in [0.05, 0.1) is 28.4 Å². The van der Waals surface area contributed by atoms with E-state index in [0.717, 1.165) is 17.0 Å². The number of rotatable bonds is 3. The van der Waals surface area contributed by atoms with E-state index in [0.29, 0.717) is 25.3 Å². The summed E-state index contributed by atoms with van der Waals surface area (Å²) in [5.74, 6) is -2.41. The standard InChI is InChI=1S/C21H14F4N4O2S/c22-16-9-13(4-5-14(16)17(27)30)29-19(32)28(18(31)20(29)6-1-7-20)12-3-2-11(10-26)15(8-12)21(23,24)25/h2-5,8-9H,1,6-7H2,(H2,27,30). The lowest BCUT2D eigenvalue weighted by atomic mass is 9.75. The van der Waals surface area contributed by atoms with Gasteiger partial charge in [-0.1, -0.05) is 0 Å². The van der Waals surface area contributed by atoms with Gasteiger partial charge in [-0.15, -0.1) is 0 Å².